The highest BCUT2D eigenvalue weighted by molar-refractivity contribution is 7.59. The Bertz CT molecular complexity index is 642. The van der Waals surface area contributed by atoms with Crippen molar-refractivity contribution < 1.29 is 29.7 Å². The average Bonchev–Trinajstić information content (AvgIpc) is 2.55. The van der Waals surface area contributed by atoms with Gasteiger partial charge in [0.05, 0.1) is 0 Å². The van der Waals surface area contributed by atoms with E-state index in [4.69, 9.17) is 15.3 Å². The molecule has 3 N–H and O–H groups in total. The van der Waals surface area contributed by atoms with Gasteiger partial charge in [0.1, 0.15) is 0 Å². The Balaban J connectivity index is 0.000000403. The van der Waals surface area contributed by atoms with E-state index >= 15 is 0 Å². The number of carboxylic acids is 2. The second-order valence-electron chi connectivity index (χ2n) is 4.15. The van der Waals surface area contributed by atoms with Gasteiger partial charge in [0.15, 0.2) is 6.10 Å². The van der Waals surface area contributed by atoms with Crippen molar-refractivity contribution in [2.24, 2.45) is 0 Å². The van der Waals surface area contributed by atoms with Crippen LogP contribution >= 0.6 is 13.5 Å². The van der Waals surface area contributed by atoms with E-state index in [0.29, 0.717) is 5.56 Å². The number of rotatable bonds is 4. The van der Waals surface area contributed by atoms with E-state index < -0.39 is 23.8 Å². The van der Waals surface area contributed by atoms with Crippen LogP contribution in [-0.2, 0) is 9.59 Å². The van der Waals surface area contributed by atoms with E-state index in [1.54, 1.807) is 48.5 Å². The molecule has 0 spiro atoms. The fourth-order valence-corrected chi connectivity index (χ4v) is 1.49. The first kappa shape index (κ1) is 20.4. The third kappa shape index (κ3) is 6.77. The predicted octanol–water partition coefficient (Wildman–Crippen LogP) is 1.87. The molecule has 0 fully saturated rings. The van der Waals surface area contributed by atoms with Crippen LogP contribution in [-0.4, -0.2) is 33.0 Å². The van der Waals surface area contributed by atoms with Gasteiger partial charge in [-0.1, -0.05) is 60.7 Å². The fraction of sp³-hybridized carbons (Fsp3) is 0.0625. The van der Waals surface area contributed by atoms with E-state index in [9.17, 15) is 14.4 Å². The summed E-state index contributed by atoms with van der Waals surface area (Å²) in [5.41, 5.74) is 0.611. The van der Waals surface area contributed by atoms with Gasteiger partial charge in [-0.3, -0.25) is 4.79 Å². The largest absolute Gasteiger partial charge is 0.479 e. The van der Waals surface area contributed by atoms with Gasteiger partial charge in [-0.05, 0) is 5.56 Å². The summed E-state index contributed by atoms with van der Waals surface area (Å²) in [5, 5.41) is 25.7. The monoisotopic (exact) mass is 336 g/mol. The van der Waals surface area contributed by atoms with Crippen molar-refractivity contribution in [1.29, 1.82) is 0 Å². The molecule has 0 unspecified atom stereocenters. The van der Waals surface area contributed by atoms with E-state index in [1.807, 2.05) is 0 Å². The summed E-state index contributed by atoms with van der Waals surface area (Å²) in [6.45, 7) is 0. The van der Waals surface area contributed by atoms with Crippen LogP contribution in [0.5, 0.6) is 0 Å². The van der Waals surface area contributed by atoms with Gasteiger partial charge >= 0.3 is 11.9 Å². The van der Waals surface area contributed by atoms with Gasteiger partial charge in [-0.15, -0.1) is 0 Å². The van der Waals surface area contributed by atoms with Crippen LogP contribution in [0.1, 0.15) is 22.0 Å². The van der Waals surface area contributed by atoms with E-state index in [0.717, 1.165) is 0 Å². The standard InChI is InChI=1S/C8H8O3.C8H6O3.H2S/c2*9-7(8(10)11)6-4-2-1-3-5-6;/h1-5,7,9H,(H,10,11);1-5H,(H,10,11);1H2/t7-;;/m0../s1. The number of ketones is 1. The van der Waals surface area contributed by atoms with Gasteiger partial charge in [0.2, 0.25) is 0 Å². The number of carbonyl (C=O) groups excluding carboxylic acids is 1. The molecule has 0 radical (unpaired) electrons. The Morgan fingerprint density at radius 3 is 1.61 bits per heavy atom. The number of carbonyl (C=O) groups is 3. The second kappa shape index (κ2) is 10.1. The number of carboxylic acid groups (broad SMARTS) is 2. The Kier molecular flexibility index (Phi) is 8.98. The Morgan fingerprint density at radius 2 is 1.22 bits per heavy atom. The summed E-state index contributed by atoms with van der Waals surface area (Å²) in [4.78, 5) is 31.1. The van der Waals surface area contributed by atoms with Crippen LogP contribution in [0.2, 0.25) is 0 Å². The Morgan fingerprint density at radius 1 is 0.783 bits per heavy atom. The molecule has 122 valence electrons. The first-order valence-corrected chi connectivity index (χ1v) is 6.22. The minimum absolute atomic E-state index is 0. The summed E-state index contributed by atoms with van der Waals surface area (Å²) in [7, 11) is 0. The SMILES string of the molecule is O=C(O)C(=O)c1ccccc1.O=C(O)[C@@H](O)c1ccccc1.S. The molecule has 0 amide bonds. The predicted molar refractivity (Wildman–Crippen MR) is 87.8 cm³/mol. The lowest BCUT2D eigenvalue weighted by Gasteiger charge is -2.03. The Labute approximate surface area is 139 Å². The number of Topliss-reactive ketones (excluding diaryl/α,β-unsaturated/α-hetero) is 1. The van der Waals surface area contributed by atoms with Crippen molar-refractivity contribution in [2.75, 3.05) is 0 Å². The smallest absolute Gasteiger partial charge is 0.377 e. The summed E-state index contributed by atoms with van der Waals surface area (Å²) in [6, 6.07) is 16.2. The molecule has 0 aliphatic carbocycles. The fourth-order valence-electron chi connectivity index (χ4n) is 1.49. The molecule has 6 nitrogen and oxygen atoms in total. The lowest BCUT2D eigenvalue weighted by molar-refractivity contribution is -0.147. The van der Waals surface area contributed by atoms with Crippen molar-refractivity contribution in [3.8, 4) is 0 Å². The number of aliphatic carboxylic acids is 2. The zero-order valence-corrected chi connectivity index (χ0v) is 12.9. The lowest BCUT2D eigenvalue weighted by Crippen LogP contribution is -2.12. The highest BCUT2D eigenvalue weighted by atomic mass is 32.1. The summed E-state index contributed by atoms with van der Waals surface area (Å²) in [5.74, 6) is -3.52. The molecular formula is C16H16O6S. The maximum absolute atomic E-state index is 10.7. The van der Waals surface area contributed by atoms with Crippen molar-refractivity contribution in [1.82, 2.24) is 0 Å². The molecule has 0 aromatic heterocycles. The van der Waals surface area contributed by atoms with Crippen LogP contribution in [0.3, 0.4) is 0 Å². The summed E-state index contributed by atoms with van der Waals surface area (Å²) >= 11 is 0. The number of aliphatic hydroxyl groups excluding tert-OH is 1. The van der Waals surface area contributed by atoms with Crippen molar-refractivity contribution in [3.05, 3.63) is 71.8 Å². The lowest BCUT2D eigenvalue weighted by atomic mass is 10.1. The molecule has 2 rings (SSSR count). The van der Waals surface area contributed by atoms with Crippen LogP contribution in [0.15, 0.2) is 60.7 Å². The molecule has 23 heavy (non-hydrogen) atoms. The average molecular weight is 336 g/mol. The van der Waals surface area contributed by atoms with Crippen LogP contribution < -0.4 is 0 Å². The molecule has 0 saturated carbocycles. The molecule has 7 heteroatoms. The highest BCUT2D eigenvalue weighted by Crippen LogP contribution is 2.10. The minimum atomic E-state index is -1.42. The maximum atomic E-state index is 10.7. The molecule has 0 saturated heterocycles. The summed E-state index contributed by atoms with van der Waals surface area (Å²) in [6.07, 6.45) is -1.41. The van der Waals surface area contributed by atoms with Gasteiger partial charge < -0.3 is 15.3 Å². The zero-order valence-electron chi connectivity index (χ0n) is 11.9. The molecule has 0 aliphatic heterocycles. The van der Waals surface area contributed by atoms with Crippen molar-refractivity contribution in [2.45, 2.75) is 6.10 Å². The van der Waals surface area contributed by atoms with Gasteiger partial charge in [-0.25, -0.2) is 9.59 Å². The zero-order chi connectivity index (χ0) is 16.5. The first-order valence-electron chi connectivity index (χ1n) is 6.22. The van der Waals surface area contributed by atoms with Gasteiger partial charge in [0, 0.05) is 5.56 Å². The minimum Gasteiger partial charge on any atom is -0.479 e. The number of hydrogen-bond donors (Lipinski definition) is 3. The van der Waals surface area contributed by atoms with Crippen molar-refractivity contribution in [3.63, 3.8) is 0 Å². The van der Waals surface area contributed by atoms with E-state index in [2.05, 4.69) is 0 Å². The second-order valence-corrected chi connectivity index (χ2v) is 4.15. The van der Waals surface area contributed by atoms with Crippen molar-refractivity contribution >= 4 is 31.2 Å². The number of benzene rings is 2. The number of aliphatic hydroxyl groups is 1. The third-order valence-corrected chi connectivity index (χ3v) is 2.58. The number of hydrogen-bond acceptors (Lipinski definition) is 4. The van der Waals surface area contributed by atoms with E-state index in [1.165, 1.54) is 12.1 Å². The quantitative estimate of drug-likeness (QED) is 0.580. The highest BCUT2D eigenvalue weighted by Gasteiger charge is 2.14. The molecule has 2 aromatic rings. The maximum Gasteiger partial charge on any atom is 0.377 e. The molecule has 0 heterocycles. The molecule has 0 aliphatic rings. The molecule has 1 atom stereocenters. The molecule has 0 bridgehead atoms. The molecule has 2 aromatic carbocycles. The third-order valence-electron chi connectivity index (χ3n) is 2.58. The Hall–Kier alpha value is -2.64. The van der Waals surface area contributed by atoms with Gasteiger partial charge in [0.25, 0.3) is 5.78 Å². The molecular weight excluding hydrogens is 320 g/mol. The van der Waals surface area contributed by atoms with Crippen LogP contribution in [0.25, 0.3) is 0 Å². The van der Waals surface area contributed by atoms with E-state index in [-0.39, 0.29) is 19.1 Å². The van der Waals surface area contributed by atoms with Crippen LogP contribution in [0.4, 0.5) is 0 Å². The normalized spacial score (nSPS) is 10.3. The first-order chi connectivity index (χ1) is 10.4. The topological polar surface area (TPSA) is 112 Å². The van der Waals surface area contributed by atoms with Crippen LogP contribution in [0, 0.1) is 0 Å². The summed E-state index contributed by atoms with van der Waals surface area (Å²) < 4.78 is 0. The van der Waals surface area contributed by atoms with Gasteiger partial charge in [-0.2, -0.15) is 13.5 Å².